The fourth-order valence-electron chi connectivity index (χ4n) is 2.69. The maximum atomic E-state index is 12.1. The Kier molecular flexibility index (Phi) is 12.5. The van der Waals surface area contributed by atoms with Crippen molar-refractivity contribution in [3.05, 3.63) is 29.8 Å². The van der Waals surface area contributed by atoms with Gasteiger partial charge in [0, 0.05) is 43.5 Å². The minimum atomic E-state index is -0.159. The summed E-state index contributed by atoms with van der Waals surface area (Å²) in [6.45, 7) is 10.5. The Morgan fingerprint density at radius 3 is 2.44 bits per heavy atom. The Hall–Kier alpha value is -1.79. The van der Waals surface area contributed by atoms with E-state index < -0.39 is 0 Å². The quantitative estimate of drug-likeness (QED) is 0.229. The number of terminal acetylenes is 1. The standard InChI is InChI=1S/C20H31N5O.HI/c1-7-17-9-8-10-18(13-17)24-19(26)14-23-20(21-6)22-11-12-25(15(2)3)16(4)5;/h1,8-10,13,15-16H,11-12,14H2,2-6H3,(H,24,26)(H2,21,22,23);1H. The van der Waals surface area contributed by atoms with E-state index in [0.29, 0.717) is 23.7 Å². The van der Waals surface area contributed by atoms with Gasteiger partial charge in [-0.3, -0.25) is 14.7 Å². The first-order valence-electron chi connectivity index (χ1n) is 8.94. The summed E-state index contributed by atoms with van der Waals surface area (Å²) in [5.74, 6) is 2.99. The average Bonchev–Trinajstić information content (AvgIpc) is 2.60. The third kappa shape index (κ3) is 9.63. The zero-order chi connectivity index (χ0) is 19.5. The summed E-state index contributed by atoms with van der Waals surface area (Å²) in [7, 11) is 1.69. The maximum absolute atomic E-state index is 12.1. The summed E-state index contributed by atoms with van der Waals surface area (Å²) in [6, 6.07) is 8.16. The smallest absolute Gasteiger partial charge is 0.243 e. The summed E-state index contributed by atoms with van der Waals surface area (Å²) in [5.41, 5.74) is 1.41. The first-order valence-corrected chi connectivity index (χ1v) is 8.94. The van der Waals surface area contributed by atoms with E-state index >= 15 is 0 Å². The summed E-state index contributed by atoms with van der Waals surface area (Å²) >= 11 is 0. The van der Waals surface area contributed by atoms with Gasteiger partial charge in [-0.25, -0.2) is 0 Å². The molecule has 1 aromatic rings. The van der Waals surface area contributed by atoms with Crippen molar-refractivity contribution >= 4 is 41.5 Å². The Morgan fingerprint density at radius 1 is 1.22 bits per heavy atom. The van der Waals surface area contributed by atoms with E-state index in [1.54, 1.807) is 19.2 Å². The van der Waals surface area contributed by atoms with Crippen molar-refractivity contribution in [2.45, 2.75) is 39.8 Å². The SMILES string of the molecule is C#Cc1cccc(NC(=O)CNC(=NC)NCCN(C(C)C)C(C)C)c1.I. The highest BCUT2D eigenvalue weighted by molar-refractivity contribution is 14.0. The number of hydrogen-bond acceptors (Lipinski definition) is 3. The Labute approximate surface area is 180 Å². The van der Waals surface area contributed by atoms with Crippen LogP contribution in [0.5, 0.6) is 0 Å². The summed E-state index contributed by atoms with van der Waals surface area (Å²) in [6.07, 6.45) is 5.37. The van der Waals surface area contributed by atoms with Crippen LogP contribution in [0.2, 0.25) is 0 Å². The van der Waals surface area contributed by atoms with Crippen LogP contribution in [0.1, 0.15) is 33.3 Å². The van der Waals surface area contributed by atoms with E-state index in [1.807, 2.05) is 12.1 Å². The molecule has 0 aliphatic carbocycles. The molecule has 27 heavy (non-hydrogen) atoms. The van der Waals surface area contributed by atoms with Crippen molar-refractivity contribution in [2.75, 3.05) is 32.0 Å². The Balaban J connectivity index is 0.00000676. The number of carbonyl (C=O) groups excluding carboxylic acids is 1. The lowest BCUT2D eigenvalue weighted by atomic mass is 10.2. The molecule has 1 rings (SSSR count). The van der Waals surface area contributed by atoms with Gasteiger partial charge in [-0.15, -0.1) is 30.4 Å². The number of benzene rings is 1. The van der Waals surface area contributed by atoms with Crippen LogP contribution in [-0.4, -0.2) is 55.5 Å². The number of nitrogens with zero attached hydrogens (tertiary/aromatic N) is 2. The van der Waals surface area contributed by atoms with Gasteiger partial charge in [0.25, 0.3) is 0 Å². The van der Waals surface area contributed by atoms with E-state index in [0.717, 1.165) is 18.7 Å². The molecule has 0 fully saturated rings. The highest BCUT2D eigenvalue weighted by Gasteiger charge is 2.12. The molecule has 150 valence electrons. The number of anilines is 1. The van der Waals surface area contributed by atoms with Crippen LogP contribution < -0.4 is 16.0 Å². The number of amides is 1. The van der Waals surface area contributed by atoms with Crippen LogP contribution in [0.3, 0.4) is 0 Å². The summed E-state index contributed by atoms with van der Waals surface area (Å²) < 4.78 is 0. The van der Waals surface area contributed by atoms with E-state index in [9.17, 15) is 4.79 Å². The molecule has 0 heterocycles. The van der Waals surface area contributed by atoms with Crippen molar-refractivity contribution in [2.24, 2.45) is 4.99 Å². The van der Waals surface area contributed by atoms with Crippen molar-refractivity contribution in [3.63, 3.8) is 0 Å². The minimum absolute atomic E-state index is 0. The predicted molar refractivity (Wildman–Crippen MR) is 125 cm³/mol. The number of rotatable bonds is 8. The van der Waals surface area contributed by atoms with Gasteiger partial charge in [-0.2, -0.15) is 0 Å². The van der Waals surface area contributed by atoms with Crippen molar-refractivity contribution in [1.29, 1.82) is 0 Å². The van der Waals surface area contributed by atoms with E-state index in [-0.39, 0.29) is 36.4 Å². The molecule has 0 saturated carbocycles. The maximum Gasteiger partial charge on any atom is 0.243 e. The van der Waals surface area contributed by atoms with Gasteiger partial charge in [-0.05, 0) is 45.9 Å². The van der Waals surface area contributed by atoms with Gasteiger partial charge in [0.15, 0.2) is 5.96 Å². The number of guanidine groups is 1. The van der Waals surface area contributed by atoms with Gasteiger partial charge in [0.1, 0.15) is 0 Å². The lowest BCUT2D eigenvalue weighted by molar-refractivity contribution is -0.115. The third-order valence-electron chi connectivity index (χ3n) is 3.94. The fourth-order valence-corrected chi connectivity index (χ4v) is 2.69. The molecule has 1 amide bonds. The number of halogens is 1. The zero-order valence-corrected chi connectivity index (χ0v) is 19.2. The second-order valence-corrected chi connectivity index (χ2v) is 6.55. The summed E-state index contributed by atoms with van der Waals surface area (Å²) in [5, 5.41) is 9.07. The molecule has 0 aliphatic heterocycles. The predicted octanol–water partition coefficient (Wildman–Crippen LogP) is 2.51. The lowest BCUT2D eigenvalue weighted by Crippen LogP contribution is -2.46. The first-order chi connectivity index (χ1) is 12.4. The van der Waals surface area contributed by atoms with Gasteiger partial charge in [-0.1, -0.05) is 12.0 Å². The largest absolute Gasteiger partial charge is 0.355 e. The molecule has 1 aromatic carbocycles. The molecule has 0 aliphatic rings. The second kappa shape index (κ2) is 13.4. The zero-order valence-electron chi connectivity index (χ0n) is 16.9. The van der Waals surface area contributed by atoms with Gasteiger partial charge in [0.05, 0.1) is 6.54 Å². The molecule has 0 atom stereocenters. The molecule has 3 N–H and O–H groups in total. The fraction of sp³-hybridized carbons (Fsp3) is 0.500. The molecule has 7 heteroatoms. The Bertz CT molecular complexity index is 644. The van der Waals surface area contributed by atoms with Gasteiger partial charge in [0.2, 0.25) is 5.91 Å². The normalized spacial score (nSPS) is 11.1. The van der Waals surface area contributed by atoms with Crippen LogP contribution in [0.15, 0.2) is 29.3 Å². The number of hydrogen-bond donors (Lipinski definition) is 3. The molecule has 0 aromatic heterocycles. The minimum Gasteiger partial charge on any atom is -0.355 e. The number of nitrogens with one attached hydrogen (secondary N) is 3. The first kappa shape index (κ1) is 25.2. The van der Waals surface area contributed by atoms with Crippen LogP contribution in [0.4, 0.5) is 5.69 Å². The number of carbonyl (C=O) groups is 1. The lowest BCUT2D eigenvalue weighted by Gasteiger charge is -2.30. The van der Waals surface area contributed by atoms with Crippen molar-refractivity contribution in [1.82, 2.24) is 15.5 Å². The molecule has 6 nitrogen and oxygen atoms in total. The molecule has 0 unspecified atom stereocenters. The number of aliphatic imine (C=N–C) groups is 1. The van der Waals surface area contributed by atoms with Crippen LogP contribution in [0.25, 0.3) is 0 Å². The van der Waals surface area contributed by atoms with Crippen LogP contribution in [-0.2, 0) is 4.79 Å². The third-order valence-corrected chi connectivity index (χ3v) is 3.94. The molecule has 0 bridgehead atoms. The summed E-state index contributed by atoms with van der Waals surface area (Å²) in [4.78, 5) is 18.6. The van der Waals surface area contributed by atoms with Crippen molar-refractivity contribution in [3.8, 4) is 12.3 Å². The molecule has 0 radical (unpaired) electrons. The molecule has 0 spiro atoms. The topological polar surface area (TPSA) is 68.8 Å². The van der Waals surface area contributed by atoms with Crippen molar-refractivity contribution < 1.29 is 4.79 Å². The highest BCUT2D eigenvalue weighted by atomic mass is 127. The van der Waals surface area contributed by atoms with E-state index in [1.165, 1.54) is 0 Å². The average molecular weight is 485 g/mol. The molecule has 0 saturated heterocycles. The Morgan fingerprint density at radius 2 is 1.89 bits per heavy atom. The second-order valence-electron chi connectivity index (χ2n) is 6.55. The monoisotopic (exact) mass is 485 g/mol. The van der Waals surface area contributed by atoms with Crippen LogP contribution in [0, 0.1) is 12.3 Å². The molecular weight excluding hydrogens is 453 g/mol. The molecular formula is C20H32IN5O. The van der Waals surface area contributed by atoms with Gasteiger partial charge >= 0.3 is 0 Å². The highest BCUT2D eigenvalue weighted by Crippen LogP contribution is 2.09. The van der Waals surface area contributed by atoms with E-state index in [2.05, 4.69) is 59.5 Å². The van der Waals surface area contributed by atoms with E-state index in [4.69, 9.17) is 6.42 Å². The van der Waals surface area contributed by atoms with Crippen LogP contribution >= 0.6 is 24.0 Å². The van der Waals surface area contributed by atoms with Gasteiger partial charge < -0.3 is 16.0 Å².